The first-order valence-electron chi connectivity index (χ1n) is 11.4. The summed E-state index contributed by atoms with van der Waals surface area (Å²) >= 11 is 6.11. The monoisotopic (exact) mass is 516 g/mol. The summed E-state index contributed by atoms with van der Waals surface area (Å²) in [6, 6.07) is 17.7. The van der Waals surface area contributed by atoms with Gasteiger partial charge in [-0.1, -0.05) is 35.9 Å². The Morgan fingerprint density at radius 2 is 1.95 bits per heavy atom. The highest BCUT2D eigenvalue weighted by molar-refractivity contribution is 6.32. The van der Waals surface area contributed by atoms with E-state index in [9.17, 15) is 9.59 Å². The molecule has 3 heterocycles. The summed E-state index contributed by atoms with van der Waals surface area (Å²) in [7, 11) is 0. The van der Waals surface area contributed by atoms with Gasteiger partial charge in [-0.3, -0.25) is 4.79 Å². The number of amides is 1. The summed E-state index contributed by atoms with van der Waals surface area (Å²) in [5, 5.41) is 11.9. The molecule has 10 nitrogen and oxygen atoms in total. The first-order valence-corrected chi connectivity index (χ1v) is 11.7. The van der Waals surface area contributed by atoms with Gasteiger partial charge < -0.3 is 14.8 Å². The van der Waals surface area contributed by atoms with Crippen LogP contribution in [0.4, 0.5) is 5.69 Å². The maximum atomic E-state index is 12.8. The molecular weight excluding hydrogens is 496 g/mol. The van der Waals surface area contributed by atoms with Crippen LogP contribution in [-0.2, 0) is 11.5 Å². The van der Waals surface area contributed by atoms with Crippen molar-refractivity contribution in [1.29, 1.82) is 0 Å². The molecule has 0 bridgehead atoms. The Kier molecular flexibility index (Phi) is 6.82. The number of halogens is 1. The zero-order valence-corrected chi connectivity index (χ0v) is 20.4. The fraction of sp³-hybridized carbons (Fsp3) is 0.115. The Morgan fingerprint density at radius 3 is 2.78 bits per heavy atom. The Morgan fingerprint density at radius 1 is 1.08 bits per heavy atom. The van der Waals surface area contributed by atoms with Crippen molar-refractivity contribution in [2.45, 2.75) is 13.7 Å². The van der Waals surface area contributed by atoms with Crippen molar-refractivity contribution in [3.63, 3.8) is 0 Å². The number of fused-ring (bicyclic) bond motifs is 1. The van der Waals surface area contributed by atoms with Crippen molar-refractivity contribution in [1.82, 2.24) is 24.4 Å². The van der Waals surface area contributed by atoms with Gasteiger partial charge in [-0.25, -0.2) is 19.0 Å². The summed E-state index contributed by atoms with van der Waals surface area (Å²) in [6.07, 6.45) is 4.67. The molecule has 1 N–H and O–H groups in total. The number of hydrogen-bond donors (Lipinski definition) is 1. The molecule has 0 aliphatic carbocycles. The third kappa shape index (κ3) is 5.14. The van der Waals surface area contributed by atoms with Gasteiger partial charge in [0.1, 0.15) is 11.3 Å². The molecule has 3 aromatic heterocycles. The van der Waals surface area contributed by atoms with Gasteiger partial charge in [0.2, 0.25) is 0 Å². The smallest absolute Gasteiger partial charge is 0.343 e. The maximum absolute atomic E-state index is 12.8. The molecule has 11 heteroatoms. The second kappa shape index (κ2) is 10.5. The number of hydrogen-bond acceptors (Lipinski definition) is 7. The largest absolute Gasteiger partial charge is 0.470 e. The highest BCUT2D eigenvalue weighted by Crippen LogP contribution is 2.25. The van der Waals surface area contributed by atoms with Crippen LogP contribution in [0.5, 0.6) is 5.75 Å². The second-order valence-electron chi connectivity index (χ2n) is 7.82. The van der Waals surface area contributed by atoms with E-state index in [1.807, 2.05) is 24.3 Å². The van der Waals surface area contributed by atoms with Gasteiger partial charge in [0.05, 0.1) is 23.5 Å². The zero-order chi connectivity index (χ0) is 25.8. The number of carbonyl (C=O) groups excluding carboxylic acids is 2. The molecule has 37 heavy (non-hydrogen) atoms. The molecule has 0 unspecified atom stereocenters. The standard InChI is InChI=1S/C26H21ClN6O4/c1-2-36-26(35)19-15-29-33-22(10-12-28-24(19)33)17-6-5-7-18(14-17)30-25(34)21-11-13-32(31-21)16-37-23-9-4-3-8-20(23)27/h3-15H,2,16H2,1H3,(H,30,34). The molecule has 0 atom stereocenters. The molecule has 186 valence electrons. The molecule has 1 amide bonds. The Bertz CT molecular complexity index is 1600. The lowest BCUT2D eigenvalue weighted by Crippen LogP contribution is -2.14. The van der Waals surface area contributed by atoms with Crippen LogP contribution in [-0.4, -0.2) is 42.9 Å². The molecule has 0 saturated heterocycles. The van der Waals surface area contributed by atoms with Crippen molar-refractivity contribution in [3.8, 4) is 17.0 Å². The van der Waals surface area contributed by atoms with Gasteiger partial charge in [0.25, 0.3) is 5.91 Å². The first kappa shape index (κ1) is 24.0. The summed E-state index contributed by atoms with van der Waals surface area (Å²) in [5.41, 5.74) is 2.91. The van der Waals surface area contributed by atoms with Crippen LogP contribution in [0, 0.1) is 0 Å². The number of anilines is 1. The van der Waals surface area contributed by atoms with Crippen LogP contribution >= 0.6 is 11.6 Å². The minimum Gasteiger partial charge on any atom is -0.470 e. The first-order chi connectivity index (χ1) is 18.0. The van der Waals surface area contributed by atoms with Gasteiger partial charge >= 0.3 is 5.97 Å². The number of ether oxygens (including phenoxy) is 2. The van der Waals surface area contributed by atoms with Crippen LogP contribution in [0.15, 0.2) is 79.3 Å². The van der Waals surface area contributed by atoms with Gasteiger partial charge in [-0.05, 0) is 43.3 Å². The van der Waals surface area contributed by atoms with Crippen LogP contribution in [0.2, 0.25) is 5.02 Å². The second-order valence-corrected chi connectivity index (χ2v) is 8.23. The van der Waals surface area contributed by atoms with Crippen LogP contribution < -0.4 is 10.1 Å². The minimum atomic E-state index is -0.486. The lowest BCUT2D eigenvalue weighted by Gasteiger charge is -2.09. The Labute approximate surface area is 216 Å². The molecular formula is C26H21ClN6O4. The van der Waals surface area contributed by atoms with E-state index in [4.69, 9.17) is 21.1 Å². The lowest BCUT2D eigenvalue weighted by atomic mass is 10.1. The molecule has 2 aromatic carbocycles. The average Bonchev–Trinajstić information content (AvgIpc) is 3.56. The molecule has 0 fully saturated rings. The number of nitrogens with zero attached hydrogens (tertiary/aromatic N) is 5. The van der Waals surface area contributed by atoms with Crippen LogP contribution in [0.25, 0.3) is 16.9 Å². The van der Waals surface area contributed by atoms with Crippen molar-refractivity contribution in [2.24, 2.45) is 0 Å². The Hall–Kier alpha value is -4.70. The Balaban J connectivity index is 1.31. The van der Waals surface area contributed by atoms with Crippen molar-refractivity contribution >= 4 is 34.8 Å². The molecule has 0 radical (unpaired) electrons. The lowest BCUT2D eigenvalue weighted by molar-refractivity contribution is 0.0528. The molecule has 5 aromatic rings. The topological polar surface area (TPSA) is 113 Å². The minimum absolute atomic E-state index is 0.0994. The predicted molar refractivity (Wildman–Crippen MR) is 137 cm³/mol. The van der Waals surface area contributed by atoms with Crippen molar-refractivity contribution < 1.29 is 19.1 Å². The summed E-state index contributed by atoms with van der Waals surface area (Å²) in [4.78, 5) is 29.3. The number of esters is 1. The summed E-state index contributed by atoms with van der Waals surface area (Å²) in [5.74, 6) is -0.337. The fourth-order valence-corrected chi connectivity index (χ4v) is 3.86. The van der Waals surface area contributed by atoms with Crippen LogP contribution in [0.1, 0.15) is 27.8 Å². The molecule has 0 saturated carbocycles. The van der Waals surface area contributed by atoms with E-state index in [2.05, 4.69) is 20.5 Å². The molecule has 0 aliphatic rings. The van der Waals surface area contributed by atoms with E-state index in [0.29, 0.717) is 27.8 Å². The number of benzene rings is 2. The highest BCUT2D eigenvalue weighted by atomic mass is 35.5. The normalized spacial score (nSPS) is 10.9. The average molecular weight is 517 g/mol. The predicted octanol–water partition coefficient (Wildman–Crippen LogP) is 4.71. The number of para-hydroxylation sites is 1. The van der Waals surface area contributed by atoms with Crippen molar-refractivity contribution in [3.05, 3.63) is 95.5 Å². The third-order valence-electron chi connectivity index (χ3n) is 5.38. The number of carbonyl (C=O) groups is 2. The zero-order valence-electron chi connectivity index (χ0n) is 19.7. The maximum Gasteiger partial charge on any atom is 0.343 e. The van der Waals surface area contributed by atoms with Gasteiger partial charge in [0.15, 0.2) is 18.1 Å². The highest BCUT2D eigenvalue weighted by Gasteiger charge is 2.17. The van der Waals surface area contributed by atoms with Crippen molar-refractivity contribution in [2.75, 3.05) is 11.9 Å². The number of aromatic nitrogens is 5. The van der Waals surface area contributed by atoms with E-state index in [1.165, 1.54) is 10.9 Å². The molecule has 5 rings (SSSR count). The SMILES string of the molecule is CCOC(=O)c1cnn2c(-c3cccc(NC(=O)c4ccn(COc5ccccc5Cl)n4)c3)ccnc12. The summed E-state index contributed by atoms with van der Waals surface area (Å²) < 4.78 is 13.8. The number of rotatable bonds is 8. The van der Waals surface area contributed by atoms with E-state index in [0.717, 1.165) is 5.56 Å². The summed E-state index contributed by atoms with van der Waals surface area (Å²) in [6.45, 7) is 2.09. The van der Waals surface area contributed by atoms with Gasteiger partial charge in [-0.15, -0.1) is 0 Å². The van der Waals surface area contributed by atoms with E-state index in [1.54, 1.807) is 60.2 Å². The molecule has 0 spiro atoms. The third-order valence-corrected chi connectivity index (χ3v) is 5.69. The van der Waals surface area contributed by atoms with E-state index >= 15 is 0 Å². The fourth-order valence-electron chi connectivity index (χ4n) is 3.67. The number of nitrogens with one attached hydrogen (secondary N) is 1. The van der Waals surface area contributed by atoms with Crippen LogP contribution in [0.3, 0.4) is 0 Å². The van der Waals surface area contributed by atoms with E-state index in [-0.39, 0.29) is 30.5 Å². The molecule has 0 aliphatic heterocycles. The van der Waals surface area contributed by atoms with Gasteiger partial charge in [0, 0.05) is 23.6 Å². The van der Waals surface area contributed by atoms with Gasteiger partial charge in [-0.2, -0.15) is 10.2 Å². The van der Waals surface area contributed by atoms with E-state index < -0.39 is 5.97 Å². The quantitative estimate of drug-likeness (QED) is 0.297.